The number of nitrogens with zero attached hydrogens (tertiary/aromatic N) is 2. The molecule has 0 aliphatic heterocycles. The number of rotatable bonds is 1. The molecule has 0 N–H and O–H groups in total. The Kier molecular flexibility index (Phi) is 4.79. The van der Waals surface area contributed by atoms with Gasteiger partial charge in [0.25, 0.3) is 0 Å². The van der Waals surface area contributed by atoms with E-state index in [9.17, 15) is 9.59 Å². The predicted octanol–water partition coefficient (Wildman–Crippen LogP) is 5.80. The molecule has 1 aliphatic rings. The third kappa shape index (κ3) is 3.39. The second-order valence-electron chi connectivity index (χ2n) is 6.98. The number of carbonyl (C=O) groups is 2. The highest BCUT2D eigenvalue weighted by atomic mass is 35.5. The standard InChI is InChI=1S/C24H12Cl2N2O2S/c1-28-20-10-14(31-24(20)27-21(28)8-7-13-5-3-2-4-6-13)9-17-22(29)15-11-18(25)19(26)12-16(15)23(17)30/h2-6,9-12H,1H3. The van der Waals surface area contributed by atoms with Crippen molar-refractivity contribution in [2.24, 2.45) is 7.05 Å². The summed E-state index contributed by atoms with van der Waals surface area (Å²) in [4.78, 5) is 31.6. The minimum atomic E-state index is -0.349. The van der Waals surface area contributed by atoms with E-state index < -0.39 is 0 Å². The summed E-state index contributed by atoms with van der Waals surface area (Å²) >= 11 is 13.4. The number of aromatic nitrogens is 2. The molecule has 7 heteroatoms. The Hall–Kier alpha value is -3.17. The van der Waals surface area contributed by atoms with Gasteiger partial charge in [-0.05, 0) is 42.3 Å². The summed E-state index contributed by atoms with van der Waals surface area (Å²) in [5.41, 5.74) is 2.46. The van der Waals surface area contributed by atoms with Crippen LogP contribution in [-0.4, -0.2) is 21.1 Å². The monoisotopic (exact) mass is 462 g/mol. The SMILES string of the molecule is Cn1c(C#Cc2ccccc2)nc2sc(C=C3C(=O)c4cc(Cl)c(Cl)cc4C3=O)cc21. The molecule has 4 nitrogen and oxygen atoms in total. The molecule has 150 valence electrons. The second kappa shape index (κ2) is 7.51. The minimum Gasteiger partial charge on any atom is -0.320 e. The third-order valence-electron chi connectivity index (χ3n) is 5.02. The molecule has 0 saturated carbocycles. The van der Waals surface area contributed by atoms with E-state index in [4.69, 9.17) is 23.2 Å². The predicted molar refractivity (Wildman–Crippen MR) is 124 cm³/mol. The normalized spacial score (nSPS) is 12.8. The van der Waals surface area contributed by atoms with E-state index in [1.807, 2.05) is 48.0 Å². The van der Waals surface area contributed by atoms with Gasteiger partial charge in [0, 0.05) is 28.6 Å². The molecule has 0 radical (unpaired) electrons. The van der Waals surface area contributed by atoms with Crippen molar-refractivity contribution in [1.29, 1.82) is 0 Å². The Morgan fingerprint density at radius 1 is 0.968 bits per heavy atom. The van der Waals surface area contributed by atoms with Crippen LogP contribution in [0.4, 0.5) is 0 Å². The maximum Gasteiger partial charge on any atom is 0.197 e. The number of ketones is 2. The largest absolute Gasteiger partial charge is 0.320 e. The van der Waals surface area contributed by atoms with E-state index in [-0.39, 0.29) is 38.3 Å². The van der Waals surface area contributed by atoms with Gasteiger partial charge in [-0.25, -0.2) is 4.98 Å². The number of aryl methyl sites for hydroxylation is 1. The zero-order valence-corrected chi connectivity index (χ0v) is 18.4. The summed E-state index contributed by atoms with van der Waals surface area (Å²) in [5, 5.41) is 0.496. The zero-order chi connectivity index (χ0) is 21.7. The van der Waals surface area contributed by atoms with Crippen molar-refractivity contribution in [1.82, 2.24) is 9.55 Å². The first-order chi connectivity index (χ1) is 14.9. The first-order valence-corrected chi connectivity index (χ1v) is 10.8. The van der Waals surface area contributed by atoms with E-state index in [2.05, 4.69) is 16.8 Å². The van der Waals surface area contributed by atoms with E-state index in [0.717, 1.165) is 20.8 Å². The number of imidazole rings is 1. The van der Waals surface area contributed by atoms with Crippen molar-refractivity contribution in [2.45, 2.75) is 0 Å². The average Bonchev–Trinajstić information content (AvgIpc) is 3.36. The average molecular weight is 463 g/mol. The number of thiophene rings is 1. The first-order valence-electron chi connectivity index (χ1n) is 9.26. The Labute approximate surface area is 191 Å². The van der Waals surface area contributed by atoms with Crippen LogP contribution in [0, 0.1) is 11.8 Å². The molecule has 0 bridgehead atoms. The smallest absolute Gasteiger partial charge is 0.197 e. The van der Waals surface area contributed by atoms with Crippen molar-refractivity contribution in [3.63, 3.8) is 0 Å². The molecule has 0 fully saturated rings. The van der Waals surface area contributed by atoms with Crippen molar-refractivity contribution >= 4 is 62.5 Å². The van der Waals surface area contributed by atoms with Gasteiger partial charge in [-0.2, -0.15) is 0 Å². The lowest BCUT2D eigenvalue weighted by Gasteiger charge is -1.98. The summed E-state index contributed by atoms with van der Waals surface area (Å²) in [6, 6.07) is 14.5. The highest BCUT2D eigenvalue weighted by Gasteiger charge is 2.34. The van der Waals surface area contributed by atoms with Crippen LogP contribution in [-0.2, 0) is 7.05 Å². The van der Waals surface area contributed by atoms with E-state index in [1.165, 1.54) is 23.5 Å². The molecule has 0 atom stereocenters. The highest BCUT2D eigenvalue weighted by molar-refractivity contribution is 7.19. The van der Waals surface area contributed by atoms with Gasteiger partial charge in [-0.15, -0.1) is 11.3 Å². The number of hydrogen-bond donors (Lipinski definition) is 0. The van der Waals surface area contributed by atoms with E-state index >= 15 is 0 Å². The van der Waals surface area contributed by atoms with Gasteiger partial charge >= 0.3 is 0 Å². The van der Waals surface area contributed by atoms with E-state index in [1.54, 1.807) is 6.08 Å². The van der Waals surface area contributed by atoms with Crippen LogP contribution in [0.15, 0.2) is 54.1 Å². The Morgan fingerprint density at radius 2 is 1.61 bits per heavy atom. The number of benzene rings is 2. The molecule has 0 spiro atoms. The van der Waals surface area contributed by atoms with Gasteiger partial charge < -0.3 is 4.57 Å². The second-order valence-corrected chi connectivity index (χ2v) is 8.85. The molecule has 2 heterocycles. The summed E-state index contributed by atoms with van der Waals surface area (Å²) in [6.07, 6.45) is 1.61. The molecule has 2 aromatic carbocycles. The molecule has 0 saturated heterocycles. The molecular weight excluding hydrogens is 451 g/mol. The molecule has 1 aliphatic carbocycles. The lowest BCUT2D eigenvalue weighted by atomic mass is 10.1. The molecular formula is C24H12Cl2N2O2S. The van der Waals surface area contributed by atoms with Crippen LogP contribution in [0.25, 0.3) is 16.4 Å². The molecule has 2 aromatic heterocycles. The van der Waals surface area contributed by atoms with E-state index in [0.29, 0.717) is 5.82 Å². The maximum absolute atomic E-state index is 12.7. The Bertz CT molecular complexity index is 1460. The minimum absolute atomic E-state index is 0.101. The fraction of sp³-hybridized carbons (Fsp3) is 0.0417. The third-order valence-corrected chi connectivity index (χ3v) is 6.70. The van der Waals surface area contributed by atoms with Crippen LogP contribution in [0.3, 0.4) is 0 Å². The van der Waals surface area contributed by atoms with Gasteiger partial charge in [0.15, 0.2) is 17.4 Å². The fourth-order valence-corrected chi connectivity index (χ4v) is 4.75. The van der Waals surface area contributed by atoms with Gasteiger partial charge in [0.1, 0.15) is 4.83 Å². The lowest BCUT2D eigenvalue weighted by Crippen LogP contribution is -1.99. The summed E-state index contributed by atoms with van der Waals surface area (Å²) in [6.45, 7) is 0. The Balaban J connectivity index is 1.50. The highest BCUT2D eigenvalue weighted by Crippen LogP contribution is 2.35. The summed E-state index contributed by atoms with van der Waals surface area (Å²) < 4.78 is 1.90. The van der Waals surface area contributed by atoms with Gasteiger partial charge in [0.05, 0.1) is 21.1 Å². The molecule has 4 aromatic rings. The maximum atomic E-state index is 12.7. The number of allylic oxidation sites excluding steroid dienone is 1. The van der Waals surface area contributed by atoms with Crippen LogP contribution < -0.4 is 0 Å². The lowest BCUT2D eigenvalue weighted by molar-refractivity contribution is 0.0990. The van der Waals surface area contributed by atoms with Gasteiger partial charge in [-0.1, -0.05) is 47.3 Å². The molecule has 0 amide bonds. The number of hydrogen-bond acceptors (Lipinski definition) is 4. The molecule has 31 heavy (non-hydrogen) atoms. The van der Waals surface area contributed by atoms with Crippen molar-refractivity contribution < 1.29 is 9.59 Å². The van der Waals surface area contributed by atoms with Crippen molar-refractivity contribution in [3.05, 3.63) is 91.5 Å². The summed E-state index contributed by atoms with van der Waals surface area (Å²) in [5.74, 6) is 6.15. The van der Waals surface area contributed by atoms with Crippen LogP contribution in [0.5, 0.6) is 0 Å². The topological polar surface area (TPSA) is 52.0 Å². The summed E-state index contributed by atoms with van der Waals surface area (Å²) in [7, 11) is 1.89. The molecule has 0 unspecified atom stereocenters. The fourth-order valence-electron chi connectivity index (χ4n) is 3.42. The van der Waals surface area contributed by atoms with Gasteiger partial charge in [0.2, 0.25) is 0 Å². The Morgan fingerprint density at radius 3 is 2.23 bits per heavy atom. The van der Waals surface area contributed by atoms with Crippen LogP contribution >= 0.6 is 34.5 Å². The van der Waals surface area contributed by atoms with Crippen molar-refractivity contribution in [3.8, 4) is 11.8 Å². The van der Waals surface area contributed by atoms with Crippen LogP contribution in [0.1, 0.15) is 37.0 Å². The number of fused-ring (bicyclic) bond motifs is 2. The number of carbonyl (C=O) groups excluding carboxylic acids is 2. The number of halogens is 2. The zero-order valence-electron chi connectivity index (χ0n) is 16.1. The number of Topliss-reactive ketones (excluding diaryl/α,β-unsaturated/α-hetero) is 2. The molecule has 5 rings (SSSR count). The van der Waals surface area contributed by atoms with Gasteiger partial charge in [-0.3, -0.25) is 9.59 Å². The van der Waals surface area contributed by atoms with Crippen molar-refractivity contribution in [2.75, 3.05) is 0 Å². The van der Waals surface area contributed by atoms with Crippen LogP contribution in [0.2, 0.25) is 10.0 Å². The quantitative estimate of drug-likeness (QED) is 0.204. The first kappa shape index (κ1) is 19.8.